The quantitative estimate of drug-likeness (QED) is 0.890. The third-order valence-electron chi connectivity index (χ3n) is 2.82. The maximum atomic E-state index is 13.1. The molecule has 0 saturated heterocycles. The minimum atomic E-state index is -0.911. The molecule has 2 aromatic rings. The fraction of sp³-hybridized carbons (Fsp3) is 0.333. The van der Waals surface area contributed by atoms with E-state index >= 15 is 0 Å². The van der Waals surface area contributed by atoms with Crippen LogP contribution in [0.15, 0.2) is 18.2 Å². The molecule has 1 aromatic carbocycles. The van der Waals surface area contributed by atoms with Crippen LogP contribution >= 0.6 is 0 Å². The highest BCUT2D eigenvalue weighted by Gasteiger charge is 2.22. The third-order valence-corrected chi connectivity index (χ3v) is 2.82. The molecular formula is C12H13FN2O2. The van der Waals surface area contributed by atoms with Gasteiger partial charge in [-0.15, -0.1) is 0 Å². The number of carboxylic acid groups (broad SMARTS) is 1. The lowest BCUT2D eigenvalue weighted by Crippen LogP contribution is -2.13. The summed E-state index contributed by atoms with van der Waals surface area (Å²) < 4.78 is 14.7. The van der Waals surface area contributed by atoms with Crippen molar-refractivity contribution in [1.82, 2.24) is 9.78 Å². The molecule has 1 N–H and O–H groups in total. The molecule has 0 aliphatic rings. The van der Waals surface area contributed by atoms with Crippen LogP contribution in [0.5, 0.6) is 0 Å². The Morgan fingerprint density at radius 2 is 2.29 bits per heavy atom. The lowest BCUT2D eigenvalue weighted by atomic mass is 10.0. The Bertz CT molecular complexity index is 577. The number of carbonyl (C=O) groups is 1. The molecule has 0 spiro atoms. The van der Waals surface area contributed by atoms with Crippen LogP contribution in [0.1, 0.15) is 25.5 Å². The predicted molar refractivity (Wildman–Crippen MR) is 61.4 cm³/mol. The van der Waals surface area contributed by atoms with Crippen LogP contribution in [0.4, 0.5) is 4.39 Å². The first-order valence-corrected chi connectivity index (χ1v) is 5.43. The van der Waals surface area contributed by atoms with E-state index in [0.717, 1.165) is 0 Å². The fourth-order valence-electron chi connectivity index (χ4n) is 1.94. The average molecular weight is 236 g/mol. The van der Waals surface area contributed by atoms with Crippen LogP contribution in [0.3, 0.4) is 0 Å². The van der Waals surface area contributed by atoms with Gasteiger partial charge in [0.15, 0.2) is 0 Å². The molecule has 0 fully saturated rings. The first-order chi connectivity index (χ1) is 8.04. The van der Waals surface area contributed by atoms with Crippen molar-refractivity contribution in [2.24, 2.45) is 0 Å². The minimum Gasteiger partial charge on any atom is -0.481 e. The Balaban J connectivity index is 2.70. The Morgan fingerprint density at radius 1 is 1.59 bits per heavy atom. The number of hydrogen-bond acceptors (Lipinski definition) is 2. The van der Waals surface area contributed by atoms with E-state index in [9.17, 15) is 9.18 Å². The van der Waals surface area contributed by atoms with Gasteiger partial charge in [0.2, 0.25) is 0 Å². The summed E-state index contributed by atoms with van der Waals surface area (Å²) in [5.41, 5.74) is 1.12. The largest absolute Gasteiger partial charge is 0.481 e. The summed E-state index contributed by atoms with van der Waals surface area (Å²) >= 11 is 0. The zero-order valence-corrected chi connectivity index (χ0v) is 9.64. The lowest BCUT2D eigenvalue weighted by molar-refractivity contribution is -0.138. The van der Waals surface area contributed by atoms with Gasteiger partial charge in [0.25, 0.3) is 0 Å². The van der Waals surface area contributed by atoms with Gasteiger partial charge >= 0.3 is 5.97 Å². The molecular weight excluding hydrogens is 223 g/mol. The van der Waals surface area contributed by atoms with E-state index in [0.29, 0.717) is 23.1 Å². The van der Waals surface area contributed by atoms with Crippen molar-refractivity contribution < 1.29 is 14.3 Å². The van der Waals surface area contributed by atoms with Gasteiger partial charge in [-0.25, -0.2) is 4.39 Å². The van der Waals surface area contributed by atoms with E-state index in [1.807, 2.05) is 6.92 Å². The number of aliphatic carboxylic acids is 1. The van der Waals surface area contributed by atoms with Crippen molar-refractivity contribution in [2.75, 3.05) is 0 Å². The number of rotatable bonds is 3. The van der Waals surface area contributed by atoms with Crippen molar-refractivity contribution >= 4 is 16.9 Å². The second-order valence-corrected chi connectivity index (χ2v) is 3.92. The summed E-state index contributed by atoms with van der Waals surface area (Å²) in [6.07, 6.45) is 0. The number of halogens is 1. The average Bonchev–Trinajstić information content (AvgIpc) is 2.65. The van der Waals surface area contributed by atoms with Crippen molar-refractivity contribution in [3.63, 3.8) is 0 Å². The fourth-order valence-corrected chi connectivity index (χ4v) is 1.94. The Hall–Kier alpha value is -1.91. The van der Waals surface area contributed by atoms with Crippen LogP contribution < -0.4 is 0 Å². The highest BCUT2D eigenvalue weighted by Crippen LogP contribution is 2.26. The Morgan fingerprint density at radius 3 is 2.88 bits per heavy atom. The molecule has 0 bridgehead atoms. The number of aryl methyl sites for hydroxylation is 1. The zero-order valence-electron chi connectivity index (χ0n) is 9.64. The topological polar surface area (TPSA) is 55.1 Å². The number of hydrogen-bond donors (Lipinski definition) is 1. The van der Waals surface area contributed by atoms with E-state index in [4.69, 9.17) is 5.11 Å². The molecule has 0 saturated carbocycles. The molecule has 4 nitrogen and oxygen atoms in total. The van der Waals surface area contributed by atoms with E-state index < -0.39 is 11.9 Å². The predicted octanol–water partition coefficient (Wildman–Crippen LogP) is 2.38. The summed E-state index contributed by atoms with van der Waals surface area (Å²) in [4.78, 5) is 11.1. The number of aromatic nitrogens is 2. The van der Waals surface area contributed by atoms with Gasteiger partial charge in [-0.3, -0.25) is 9.48 Å². The van der Waals surface area contributed by atoms with Gasteiger partial charge < -0.3 is 5.11 Å². The molecule has 0 amide bonds. The summed E-state index contributed by atoms with van der Waals surface area (Å²) in [5, 5.41) is 14.0. The molecule has 0 aliphatic carbocycles. The van der Waals surface area contributed by atoms with E-state index in [2.05, 4.69) is 5.10 Å². The van der Waals surface area contributed by atoms with Crippen LogP contribution in [0, 0.1) is 5.82 Å². The monoisotopic (exact) mass is 236 g/mol. The Labute approximate surface area is 97.7 Å². The normalized spacial score (nSPS) is 12.9. The highest BCUT2D eigenvalue weighted by atomic mass is 19.1. The summed E-state index contributed by atoms with van der Waals surface area (Å²) in [5.74, 6) is -1.94. The number of benzene rings is 1. The molecule has 1 unspecified atom stereocenters. The van der Waals surface area contributed by atoms with E-state index in [-0.39, 0.29) is 5.82 Å². The number of fused-ring (bicyclic) bond motifs is 1. The third kappa shape index (κ3) is 1.88. The molecule has 0 radical (unpaired) electrons. The van der Waals surface area contributed by atoms with E-state index in [1.54, 1.807) is 17.7 Å². The summed E-state index contributed by atoms with van der Waals surface area (Å²) in [7, 11) is 0. The maximum absolute atomic E-state index is 13.1. The van der Waals surface area contributed by atoms with Gasteiger partial charge in [-0.05, 0) is 26.0 Å². The van der Waals surface area contributed by atoms with Crippen LogP contribution in [0.2, 0.25) is 0 Å². The number of carboxylic acids is 1. The van der Waals surface area contributed by atoms with Crippen LogP contribution in [-0.4, -0.2) is 20.9 Å². The minimum absolute atomic E-state index is 0.368. The second kappa shape index (κ2) is 4.16. The molecule has 1 atom stereocenters. The van der Waals surface area contributed by atoms with Gasteiger partial charge in [-0.2, -0.15) is 5.10 Å². The molecule has 0 aliphatic heterocycles. The summed E-state index contributed by atoms with van der Waals surface area (Å²) in [6, 6.07) is 4.22. The van der Waals surface area contributed by atoms with Crippen molar-refractivity contribution in [3.05, 3.63) is 29.7 Å². The van der Waals surface area contributed by atoms with Gasteiger partial charge in [-0.1, -0.05) is 0 Å². The van der Waals surface area contributed by atoms with Gasteiger partial charge in [0.05, 0.1) is 17.1 Å². The van der Waals surface area contributed by atoms with Gasteiger partial charge in [0.1, 0.15) is 5.82 Å². The summed E-state index contributed by atoms with van der Waals surface area (Å²) in [6.45, 7) is 4.04. The molecule has 1 aromatic heterocycles. The molecule has 17 heavy (non-hydrogen) atoms. The SMILES string of the molecule is CCn1nc2cc(F)ccc2c1C(C)C(=O)O. The standard InChI is InChI=1S/C12H13FN2O2/c1-3-15-11(7(2)12(16)17)9-5-4-8(13)6-10(9)14-15/h4-7H,3H2,1-2H3,(H,16,17). The number of nitrogens with zero attached hydrogens (tertiary/aromatic N) is 2. The van der Waals surface area contributed by atoms with Crippen LogP contribution in [-0.2, 0) is 11.3 Å². The molecule has 5 heteroatoms. The van der Waals surface area contributed by atoms with Crippen molar-refractivity contribution in [3.8, 4) is 0 Å². The highest BCUT2D eigenvalue weighted by molar-refractivity contribution is 5.87. The first-order valence-electron chi connectivity index (χ1n) is 5.43. The lowest BCUT2D eigenvalue weighted by Gasteiger charge is -2.09. The second-order valence-electron chi connectivity index (χ2n) is 3.92. The van der Waals surface area contributed by atoms with Crippen molar-refractivity contribution in [2.45, 2.75) is 26.3 Å². The smallest absolute Gasteiger partial charge is 0.312 e. The maximum Gasteiger partial charge on any atom is 0.312 e. The first kappa shape index (κ1) is 11.6. The molecule has 90 valence electrons. The van der Waals surface area contributed by atoms with E-state index in [1.165, 1.54) is 12.1 Å². The zero-order chi connectivity index (χ0) is 12.6. The van der Waals surface area contributed by atoms with Crippen molar-refractivity contribution in [1.29, 1.82) is 0 Å². The van der Waals surface area contributed by atoms with Crippen LogP contribution in [0.25, 0.3) is 10.9 Å². The van der Waals surface area contributed by atoms with Gasteiger partial charge in [0, 0.05) is 18.0 Å². The molecule has 1 heterocycles. The molecule has 2 rings (SSSR count). The Kier molecular flexibility index (Phi) is 2.83.